The largest absolute Gasteiger partial charge is 0.497 e. The first kappa shape index (κ1) is 19.9. The van der Waals surface area contributed by atoms with E-state index >= 15 is 0 Å². The van der Waals surface area contributed by atoms with Crippen molar-refractivity contribution in [3.63, 3.8) is 0 Å². The van der Waals surface area contributed by atoms with Gasteiger partial charge < -0.3 is 14.0 Å². The second kappa shape index (κ2) is 8.89. The molecule has 1 aromatic heterocycles. The average molecular weight is 425 g/mol. The van der Waals surface area contributed by atoms with Gasteiger partial charge in [0.25, 0.3) is 5.91 Å². The smallest absolute Gasteiger partial charge is 0.281 e. The monoisotopic (exact) mass is 424 g/mol. The van der Waals surface area contributed by atoms with Crippen LogP contribution in [0.15, 0.2) is 41.4 Å². The third kappa shape index (κ3) is 4.52. The Hall–Kier alpha value is -1.86. The number of methoxy groups -OCH3 is 1. The summed E-state index contributed by atoms with van der Waals surface area (Å²) >= 11 is 13.5. The summed E-state index contributed by atoms with van der Waals surface area (Å²) in [5, 5.41) is 0.747. The number of amides is 1. The fourth-order valence-electron chi connectivity index (χ4n) is 2.59. The summed E-state index contributed by atoms with van der Waals surface area (Å²) in [5.74, 6) is 0.333. The summed E-state index contributed by atoms with van der Waals surface area (Å²) in [6.45, 7) is 3.68. The Bertz CT molecular complexity index is 1040. The van der Waals surface area contributed by atoms with Gasteiger partial charge >= 0.3 is 0 Å². The van der Waals surface area contributed by atoms with Crippen molar-refractivity contribution in [1.82, 2.24) is 4.57 Å². The van der Waals surface area contributed by atoms with E-state index in [1.807, 2.05) is 29.7 Å². The molecule has 27 heavy (non-hydrogen) atoms. The van der Waals surface area contributed by atoms with Crippen LogP contribution in [0.4, 0.5) is 0 Å². The third-order valence-corrected chi connectivity index (χ3v) is 5.50. The van der Waals surface area contributed by atoms with Crippen molar-refractivity contribution in [2.45, 2.75) is 13.5 Å². The van der Waals surface area contributed by atoms with Crippen molar-refractivity contribution in [3.05, 3.63) is 56.8 Å². The van der Waals surface area contributed by atoms with Crippen LogP contribution in [0.25, 0.3) is 10.2 Å². The molecule has 0 aliphatic rings. The molecular weight excluding hydrogens is 407 g/mol. The Morgan fingerprint density at radius 1 is 1.22 bits per heavy atom. The number of thiazole rings is 1. The van der Waals surface area contributed by atoms with Gasteiger partial charge in [-0.25, -0.2) is 0 Å². The first-order valence-electron chi connectivity index (χ1n) is 8.32. The summed E-state index contributed by atoms with van der Waals surface area (Å²) in [7, 11) is 1.62. The molecule has 0 fully saturated rings. The van der Waals surface area contributed by atoms with Crippen LogP contribution in [0.3, 0.4) is 0 Å². The second-order valence-corrected chi connectivity index (χ2v) is 7.46. The highest BCUT2D eigenvalue weighted by atomic mass is 35.5. The van der Waals surface area contributed by atoms with E-state index in [0.717, 1.165) is 16.0 Å². The predicted molar refractivity (Wildman–Crippen MR) is 109 cm³/mol. The van der Waals surface area contributed by atoms with E-state index in [9.17, 15) is 4.79 Å². The van der Waals surface area contributed by atoms with Crippen LogP contribution in [0.5, 0.6) is 5.75 Å². The number of nitrogens with zero attached hydrogens (tertiary/aromatic N) is 2. The Labute approximate surface area is 170 Å². The Morgan fingerprint density at radius 2 is 2.04 bits per heavy atom. The number of hydrogen-bond donors (Lipinski definition) is 0. The summed E-state index contributed by atoms with van der Waals surface area (Å²) < 4.78 is 13.7. The Kier molecular flexibility index (Phi) is 6.55. The normalized spacial score (nSPS) is 11.9. The molecule has 0 saturated heterocycles. The number of benzene rings is 2. The highest BCUT2D eigenvalue weighted by Crippen LogP contribution is 2.24. The van der Waals surface area contributed by atoms with E-state index in [1.54, 1.807) is 19.2 Å². The molecule has 0 saturated carbocycles. The van der Waals surface area contributed by atoms with Crippen LogP contribution in [-0.4, -0.2) is 30.8 Å². The maximum absolute atomic E-state index is 12.7. The fraction of sp³-hybridized carbons (Fsp3) is 0.263. The maximum Gasteiger partial charge on any atom is 0.281 e. The van der Waals surface area contributed by atoms with Crippen LogP contribution in [-0.2, 0) is 11.3 Å². The zero-order valence-corrected chi connectivity index (χ0v) is 17.2. The molecule has 0 spiro atoms. The van der Waals surface area contributed by atoms with E-state index in [0.29, 0.717) is 35.1 Å². The minimum Gasteiger partial charge on any atom is -0.497 e. The molecule has 142 valence electrons. The summed E-state index contributed by atoms with van der Waals surface area (Å²) in [6.07, 6.45) is 0. The van der Waals surface area contributed by atoms with Gasteiger partial charge in [0.15, 0.2) is 4.80 Å². The number of carbonyl (C=O) groups excluding carboxylic acids is 1. The highest BCUT2D eigenvalue weighted by Gasteiger charge is 2.13. The molecule has 3 rings (SSSR count). The van der Waals surface area contributed by atoms with Gasteiger partial charge in [-0.3, -0.25) is 4.79 Å². The van der Waals surface area contributed by atoms with Crippen molar-refractivity contribution in [2.24, 2.45) is 4.99 Å². The molecule has 0 radical (unpaired) electrons. The van der Waals surface area contributed by atoms with Crippen LogP contribution < -0.4 is 9.54 Å². The first-order chi connectivity index (χ1) is 13.0. The molecule has 3 aromatic rings. The molecule has 2 aromatic carbocycles. The maximum atomic E-state index is 12.7. The van der Waals surface area contributed by atoms with Crippen LogP contribution >= 0.6 is 34.5 Å². The van der Waals surface area contributed by atoms with Gasteiger partial charge in [0.05, 0.1) is 34.5 Å². The average Bonchev–Trinajstić information content (AvgIpc) is 2.98. The van der Waals surface area contributed by atoms with Crippen molar-refractivity contribution in [3.8, 4) is 5.75 Å². The van der Waals surface area contributed by atoms with Gasteiger partial charge in [-0.2, -0.15) is 4.99 Å². The molecule has 0 aliphatic heterocycles. The van der Waals surface area contributed by atoms with Crippen molar-refractivity contribution in [1.29, 1.82) is 0 Å². The summed E-state index contributed by atoms with van der Waals surface area (Å²) in [6, 6.07) is 10.5. The van der Waals surface area contributed by atoms with Crippen LogP contribution in [0.2, 0.25) is 10.0 Å². The second-order valence-electron chi connectivity index (χ2n) is 5.61. The fourth-order valence-corrected chi connectivity index (χ4v) is 4.16. The number of carbonyl (C=O) groups is 1. The van der Waals surface area contributed by atoms with Crippen LogP contribution in [0, 0.1) is 0 Å². The number of ether oxygens (including phenoxy) is 2. The van der Waals surface area contributed by atoms with E-state index in [-0.39, 0.29) is 5.02 Å². The standard InChI is InChI=1S/C19H18Cl2N2O3S/c1-3-26-9-8-23-16-7-5-13(25-2)11-17(16)27-19(23)22-18(24)14-6-4-12(20)10-15(14)21/h4-7,10-11H,3,8-9H2,1-2H3. The van der Waals surface area contributed by atoms with E-state index < -0.39 is 5.91 Å². The third-order valence-electron chi connectivity index (χ3n) is 3.91. The molecule has 0 bridgehead atoms. The molecule has 0 atom stereocenters. The van der Waals surface area contributed by atoms with E-state index in [4.69, 9.17) is 32.7 Å². The van der Waals surface area contributed by atoms with Gasteiger partial charge in [0, 0.05) is 18.2 Å². The quantitative estimate of drug-likeness (QED) is 0.534. The van der Waals surface area contributed by atoms with E-state index in [1.165, 1.54) is 17.4 Å². The molecule has 8 heteroatoms. The Morgan fingerprint density at radius 3 is 2.74 bits per heavy atom. The van der Waals surface area contributed by atoms with Crippen molar-refractivity contribution >= 4 is 50.7 Å². The minimum absolute atomic E-state index is 0.278. The number of aromatic nitrogens is 1. The molecule has 1 amide bonds. The lowest BCUT2D eigenvalue weighted by molar-refractivity contribution is 0.0997. The van der Waals surface area contributed by atoms with E-state index in [2.05, 4.69) is 4.99 Å². The summed E-state index contributed by atoms with van der Waals surface area (Å²) in [4.78, 5) is 17.6. The Balaban J connectivity index is 2.08. The molecule has 0 unspecified atom stereocenters. The molecule has 5 nitrogen and oxygen atoms in total. The van der Waals surface area contributed by atoms with Gasteiger partial charge in [0.2, 0.25) is 0 Å². The lowest BCUT2D eigenvalue weighted by atomic mass is 10.2. The van der Waals surface area contributed by atoms with Gasteiger partial charge in [0.1, 0.15) is 5.75 Å². The van der Waals surface area contributed by atoms with Gasteiger partial charge in [-0.05, 0) is 43.3 Å². The lowest BCUT2D eigenvalue weighted by Crippen LogP contribution is -2.19. The summed E-state index contributed by atoms with van der Waals surface area (Å²) in [5.41, 5.74) is 1.28. The molecule has 0 N–H and O–H groups in total. The molecule has 0 aliphatic carbocycles. The topological polar surface area (TPSA) is 52.8 Å². The molecule has 1 heterocycles. The number of halogens is 2. The van der Waals surface area contributed by atoms with Gasteiger partial charge in [-0.15, -0.1) is 0 Å². The zero-order chi connectivity index (χ0) is 19.4. The number of fused-ring (bicyclic) bond motifs is 1. The lowest BCUT2D eigenvalue weighted by Gasteiger charge is -2.06. The predicted octanol–water partition coefficient (Wildman–Crippen LogP) is 4.80. The molecular formula is C19H18Cl2N2O3S. The van der Waals surface area contributed by atoms with Crippen molar-refractivity contribution < 1.29 is 14.3 Å². The van der Waals surface area contributed by atoms with Gasteiger partial charge in [-0.1, -0.05) is 34.5 Å². The SMILES string of the molecule is CCOCCn1c(=NC(=O)c2ccc(Cl)cc2Cl)sc2cc(OC)ccc21. The first-order valence-corrected chi connectivity index (χ1v) is 9.90. The number of hydrogen-bond acceptors (Lipinski definition) is 4. The zero-order valence-electron chi connectivity index (χ0n) is 14.9. The number of rotatable bonds is 6. The highest BCUT2D eigenvalue weighted by molar-refractivity contribution is 7.16. The minimum atomic E-state index is -0.416. The van der Waals surface area contributed by atoms with Crippen LogP contribution in [0.1, 0.15) is 17.3 Å². The van der Waals surface area contributed by atoms with Crippen molar-refractivity contribution in [2.75, 3.05) is 20.3 Å².